The first-order valence-corrected chi connectivity index (χ1v) is 12.6. The SMILES string of the molecule is Cl.Cl.N[C@H](C(=O)N1C[C@H]2CC(F)(F)CN2CC1C(=O)N[C@@H]1CCOc2ccccc21)C1CCC(F)(F)CC1. The van der Waals surface area contributed by atoms with Crippen LogP contribution in [-0.4, -0.2) is 77.8 Å². The number of halogens is 6. The van der Waals surface area contributed by atoms with Crippen molar-refractivity contribution < 1.29 is 31.9 Å². The second kappa shape index (κ2) is 11.7. The Morgan fingerprint density at radius 3 is 2.42 bits per heavy atom. The molecule has 3 N–H and O–H groups in total. The zero-order chi connectivity index (χ0) is 25.7. The van der Waals surface area contributed by atoms with Crippen LogP contribution in [0.5, 0.6) is 5.75 Å². The highest BCUT2D eigenvalue weighted by molar-refractivity contribution is 5.90. The number of rotatable bonds is 4. The van der Waals surface area contributed by atoms with Crippen LogP contribution in [0.3, 0.4) is 0 Å². The summed E-state index contributed by atoms with van der Waals surface area (Å²) in [5, 5.41) is 2.99. The van der Waals surface area contributed by atoms with Gasteiger partial charge >= 0.3 is 0 Å². The molecule has 2 amide bonds. The summed E-state index contributed by atoms with van der Waals surface area (Å²) in [6, 6.07) is 4.35. The maximum atomic E-state index is 14.2. The molecule has 1 aromatic rings. The monoisotopic (exact) mass is 584 g/mol. The highest BCUT2D eigenvalue weighted by Gasteiger charge is 2.52. The lowest BCUT2D eigenvalue weighted by atomic mass is 9.81. The molecule has 0 aromatic heterocycles. The lowest BCUT2D eigenvalue weighted by Gasteiger charge is -2.44. The first-order valence-electron chi connectivity index (χ1n) is 12.6. The smallest absolute Gasteiger partial charge is 0.262 e. The molecule has 4 aliphatic rings. The summed E-state index contributed by atoms with van der Waals surface area (Å²) in [6.45, 7) is -0.133. The predicted octanol–water partition coefficient (Wildman–Crippen LogP) is 3.54. The summed E-state index contributed by atoms with van der Waals surface area (Å²) >= 11 is 0. The molecular formula is C25H34Cl2F4N4O3. The molecule has 1 saturated carbocycles. The van der Waals surface area contributed by atoms with Crippen molar-refractivity contribution in [1.29, 1.82) is 0 Å². The number of nitrogens with two attached hydrogens (primary N) is 1. The molecule has 13 heteroatoms. The van der Waals surface area contributed by atoms with Crippen LogP contribution in [-0.2, 0) is 9.59 Å². The van der Waals surface area contributed by atoms with E-state index in [4.69, 9.17) is 10.5 Å². The fraction of sp³-hybridized carbons (Fsp3) is 0.680. The number of fused-ring (bicyclic) bond motifs is 2. The second-order valence-corrected chi connectivity index (χ2v) is 10.6. The van der Waals surface area contributed by atoms with E-state index in [1.165, 1.54) is 4.90 Å². The Kier molecular flexibility index (Phi) is 9.49. The minimum Gasteiger partial charge on any atom is -0.493 e. The van der Waals surface area contributed by atoms with Crippen LogP contribution in [0.15, 0.2) is 24.3 Å². The highest BCUT2D eigenvalue weighted by atomic mass is 35.5. The van der Waals surface area contributed by atoms with Gasteiger partial charge in [-0.3, -0.25) is 14.5 Å². The van der Waals surface area contributed by atoms with Gasteiger partial charge in [0.25, 0.3) is 5.92 Å². The quantitative estimate of drug-likeness (QED) is 0.529. The van der Waals surface area contributed by atoms with Crippen molar-refractivity contribution in [3.8, 4) is 5.75 Å². The van der Waals surface area contributed by atoms with Crippen molar-refractivity contribution in [2.75, 3.05) is 26.2 Å². The fourth-order valence-electron chi connectivity index (χ4n) is 6.08. The van der Waals surface area contributed by atoms with Gasteiger partial charge in [-0.05, 0) is 24.8 Å². The molecule has 0 spiro atoms. The summed E-state index contributed by atoms with van der Waals surface area (Å²) in [5.74, 6) is -6.41. The zero-order valence-corrected chi connectivity index (χ0v) is 22.4. The third kappa shape index (κ3) is 6.32. The van der Waals surface area contributed by atoms with Crippen LogP contribution in [0.1, 0.15) is 50.1 Å². The third-order valence-corrected chi connectivity index (χ3v) is 8.09. The Labute approximate surface area is 231 Å². The van der Waals surface area contributed by atoms with Gasteiger partial charge in [0.1, 0.15) is 11.8 Å². The standard InChI is InChI=1S/C25H32F4N4O3.2ClH/c26-24(27)8-5-15(6-9-24)21(30)23(35)33-12-16-11-25(28,29)14-32(16)13-19(33)22(34)31-18-7-10-36-20-4-2-1-3-17(18)20;;/h1-4,15-16,18-19,21H,5-14,30H2,(H,31,34);2*1H/t16-,18-,19?,21+;;/m1../s1. The molecule has 3 heterocycles. The van der Waals surface area contributed by atoms with Crippen molar-refractivity contribution in [2.24, 2.45) is 11.7 Å². The number of hydrogen-bond donors (Lipinski definition) is 2. The van der Waals surface area contributed by atoms with E-state index in [1.54, 1.807) is 4.90 Å². The molecule has 0 bridgehead atoms. The molecule has 3 fully saturated rings. The van der Waals surface area contributed by atoms with E-state index < -0.39 is 60.7 Å². The van der Waals surface area contributed by atoms with E-state index in [0.717, 1.165) is 5.56 Å². The summed E-state index contributed by atoms with van der Waals surface area (Å²) in [5.41, 5.74) is 7.08. The molecule has 1 aliphatic carbocycles. The van der Waals surface area contributed by atoms with E-state index >= 15 is 0 Å². The van der Waals surface area contributed by atoms with Crippen molar-refractivity contribution in [3.05, 3.63) is 29.8 Å². The van der Waals surface area contributed by atoms with Crippen LogP contribution < -0.4 is 15.8 Å². The number of carbonyl (C=O) groups is 2. The van der Waals surface area contributed by atoms with Gasteiger partial charge in [0.2, 0.25) is 17.7 Å². The van der Waals surface area contributed by atoms with E-state index in [-0.39, 0.29) is 69.6 Å². The topological polar surface area (TPSA) is 87.9 Å². The number of carbonyl (C=O) groups excluding carboxylic acids is 2. The number of amides is 2. The summed E-state index contributed by atoms with van der Waals surface area (Å²) in [7, 11) is 0. The molecule has 0 radical (unpaired) electrons. The minimum atomic E-state index is -2.90. The predicted molar refractivity (Wildman–Crippen MR) is 137 cm³/mol. The molecule has 1 aromatic carbocycles. The number of nitrogens with one attached hydrogen (secondary N) is 1. The molecule has 2 saturated heterocycles. The van der Waals surface area contributed by atoms with Crippen molar-refractivity contribution in [1.82, 2.24) is 15.1 Å². The number of para-hydroxylation sites is 1. The maximum absolute atomic E-state index is 14.2. The molecule has 5 rings (SSSR count). The highest BCUT2D eigenvalue weighted by Crippen LogP contribution is 2.39. The van der Waals surface area contributed by atoms with Gasteiger partial charge in [-0.2, -0.15) is 0 Å². The summed E-state index contributed by atoms with van der Waals surface area (Å²) in [6.07, 6.45) is -0.330. The first kappa shape index (κ1) is 30.7. The van der Waals surface area contributed by atoms with Gasteiger partial charge < -0.3 is 20.7 Å². The van der Waals surface area contributed by atoms with Crippen LogP contribution >= 0.6 is 24.8 Å². The third-order valence-electron chi connectivity index (χ3n) is 8.09. The number of benzene rings is 1. The summed E-state index contributed by atoms with van der Waals surface area (Å²) in [4.78, 5) is 29.9. The fourth-order valence-corrected chi connectivity index (χ4v) is 6.08. The van der Waals surface area contributed by atoms with Gasteiger partial charge in [-0.1, -0.05) is 18.2 Å². The zero-order valence-electron chi connectivity index (χ0n) is 20.8. The Bertz CT molecular complexity index is 1010. The van der Waals surface area contributed by atoms with Crippen molar-refractivity contribution >= 4 is 36.6 Å². The minimum absolute atomic E-state index is 0. The molecule has 7 nitrogen and oxygen atoms in total. The Morgan fingerprint density at radius 1 is 1.03 bits per heavy atom. The van der Waals surface area contributed by atoms with E-state index in [2.05, 4.69) is 5.32 Å². The van der Waals surface area contributed by atoms with E-state index in [0.29, 0.717) is 18.8 Å². The number of nitrogens with zero attached hydrogens (tertiary/aromatic N) is 2. The largest absolute Gasteiger partial charge is 0.493 e. The number of alkyl halides is 4. The molecule has 1 unspecified atom stereocenters. The Hall–Kier alpha value is -1.82. The number of piperazine rings is 1. The molecular weight excluding hydrogens is 551 g/mol. The second-order valence-electron chi connectivity index (χ2n) is 10.6. The number of ether oxygens (including phenoxy) is 1. The molecule has 38 heavy (non-hydrogen) atoms. The summed E-state index contributed by atoms with van der Waals surface area (Å²) < 4.78 is 61.3. The normalized spacial score (nSPS) is 29.0. The van der Waals surface area contributed by atoms with Gasteiger partial charge in [0.15, 0.2) is 0 Å². The molecule has 4 atom stereocenters. The lowest BCUT2D eigenvalue weighted by Crippen LogP contribution is -2.65. The van der Waals surface area contributed by atoms with Crippen LogP contribution in [0, 0.1) is 5.92 Å². The Balaban J connectivity index is 0.00000200. The first-order chi connectivity index (χ1) is 17.0. The van der Waals surface area contributed by atoms with Crippen LogP contribution in [0.2, 0.25) is 0 Å². The van der Waals surface area contributed by atoms with Gasteiger partial charge in [0.05, 0.1) is 25.2 Å². The van der Waals surface area contributed by atoms with Crippen LogP contribution in [0.25, 0.3) is 0 Å². The van der Waals surface area contributed by atoms with Crippen molar-refractivity contribution in [2.45, 2.75) is 74.5 Å². The van der Waals surface area contributed by atoms with Gasteiger partial charge in [-0.25, -0.2) is 17.6 Å². The molecule has 3 aliphatic heterocycles. The van der Waals surface area contributed by atoms with E-state index in [1.807, 2.05) is 24.3 Å². The lowest BCUT2D eigenvalue weighted by molar-refractivity contribution is -0.148. The van der Waals surface area contributed by atoms with Crippen molar-refractivity contribution in [3.63, 3.8) is 0 Å². The Morgan fingerprint density at radius 2 is 1.71 bits per heavy atom. The molecule has 214 valence electrons. The average molecular weight is 585 g/mol. The maximum Gasteiger partial charge on any atom is 0.262 e. The van der Waals surface area contributed by atoms with Gasteiger partial charge in [0, 0.05) is 50.4 Å². The average Bonchev–Trinajstić information content (AvgIpc) is 3.15. The van der Waals surface area contributed by atoms with E-state index in [9.17, 15) is 27.2 Å². The van der Waals surface area contributed by atoms with Gasteiger partial charge in [-0.15, -0.1) is 24.8 Å². The van der Waals surface area contributed by atoms with Crippen LogP contribution in [0.4, 0.5) is 17.6 Å². The number of hydrogen-bond acceptors (Lipinski definition) is 5.